The van der Waals surface area contributed by atoms with Crippen LogP contribution in [0.3, 0.4) is 0 Å². The van der Waals surface area contributed by atoms with Gasteiger partial charge < -0.3 is 9.97 Å². The molecule has 0 radical (unpaired) electrons. The fraction of sp³-hybridized carbons (Fsp3) is 0.600. The van der Waals surface area contributed by atoms with Gasteiger partial charge in [0, 0.05) is 49.9 Å². The number of rotatable bonds is 34. The van der Waals surface area contributed by atoms with E-state index < -0.39 is 8.07 Å². The van der Waals surface area contributed by atoms with Crippen molar-refractivity contribution >= 4 is 54.4 Å². The highest BCUT2D eigenvalue weighted by atomic mass is 28.3. The van der Waals surface area contributed by atoms with Gasteiger partial charge in [-0.1, -0.05) is 233 Å². The quantitative estimate of drug-likeness (QED) is 0.0240. The van der Waals surface area contributed by atoms with E-state index in [4.69, 9.17) is 9.97 Å². The summed E-state index contributed by atoms with van der Waals surface area (Å²) in [6.07, 6.45) is 47.3. The molecule has 0 fully saturated rings. The molecule has 3 aromatic heterocycles. The zero-order valence-electron chi connectivity index (χ0n) is 49.3. The Morgan fingerprint density at radius 3 is 1.00 bits per heavy atom. The lowest BCUT2D eigenvalue weighted by atomic mass is 9.86. The molecule has 0 unspecified atom stereocenters. The SMILES string of the molecule is CCCCCCC(CCCCCC)c1c2nc(c(C(CCCCCC)CCCCCC)c3ccc([nH]3)[13c](-c3ccc(C#C[Si](C)(C)C)cc3)c3ccc([nH]3)c(C(CCCCCC)CCCCCC)c3nc1C=C3)C=C2. The fourth-order valence-electron chi connectivity index (χ4n) is 12.0. The van der Waals surface area contributed by atoms with E-state index in [0.717, 1.165) is 39.4 Å². The summed E-state index contributed by atoms with van der Waals surface area (Å²) >= 11 is 0. The van der Waals surface area contributed by atoms with Gasteiger partial charge in [-0.25, -0.2) is 9.97 Å². The molecule has 2 aliphatic rings. The minimum absolute atomic E-state index is 0.409. The summed E-state index contributed by atoms with van der Waals surface area (Å²) in [5, 5.41) is 0. The Morgan fingerprint density at radius 2 is 0.680 bits per heavy atom. The van der Waals surface area contributed by atoms with Crippen LogP contribution in [0.1, 0.15) is 297 Å². The van der Waals surface area contributed by atoms with Crippen molar-refractivity contribution in [1.29, 1.82) is 0 Å². The van der Waals surface area contributed by atoms with Crippen LogP contribution < -0.4 is 0 Å². The zero-order valence-corrected chi connectivity index (χ0v) is 50.3. The van der Waals surface area contributed by atoms with Crippen LogP contribution in [-0.2, 0) is 0 Å². The number of aromatic amines is 2. The Morgan fingerprint density at radius 1 is 0.373 bits per heavy atom. The second kappa shape index (κ2) is 32.4. The van der Waals surface area contributed by atoms with Gasteiger partial charge in [0.2, 0.25) is 0 Å². The van der Waals surface area contributed by atoms with Crippen LogP contribution in [0.2, 0.25) is 19.6 Å². The molecule has 8 bridgehead atoms. The van der Waals surface area contributed by atoms with Crippen LogP contribution >= 0.6 is 0 Å². The second-order valence-electron chi connectivity index (χ2n) is 23.9. The first-order valence-corrected chi connectivity index (χ1v) is 34.9. The van der Waals surface area contributed by atoms with Gasteiger partial charge in [-0.15, -0.1) is 5.54 Å². The molecule has 4 nitrogen and oxygen atoms in total. The normalized spacial score (nSPS) is 12.5. The lowest BCUT2D eigenvalue weighted by Crippen LogP contribution is -2.16. The molecule has 6 rings (SSSR count). The Labute approximate surface area is 459 Å². The number of H-pyrrole nitrogens is 2. The van der Waals surface area contributed by atoms with Crippen molar-refractivity contribution in [3.05, 3.63) is 93.6 Å². The molecule has 1 aromatic carbocycles. The van der Waals surface area contributed by atoms with Gasteiger partial charge >= 0.3 is 0 Å². The third kappa shape index (κ3) is 18.4. The highest BCUT2D eigenvalue weighted by Crippen LogP contribution is 2.42. The van der Waals surface area contributed by atoms with Gasteiger partial charge in [0.15, 0.2) is 0 Å². The molecule has 0 aliphatic carbocycles. The molecule has 2 N–H and O–H groups in total. The predicted octanol–water partition coefficient (Wildman–Crippen LogP) is 22.6. The predicted molar refractivity (Wildman–Crippen MR) is 335 cm³/mol. The standard InChI is InChI=1S/C70H104N4Si/c1-10-16-22-28-34-55(35-29-23-17-11-2)67-59-44-46-61(71-59)68(56(36-30-24-18-12-3)37-31-25-19-13-4)63-48-50-65(73-63)70(58-42-40-54(41-43-58)52-53-75(7,8)9)66-51-49-64(74-66)69(62-47-45-60(67)72-62)57(38-32-26-20-14-5)39-33-27-21-15-6/h40-51,55-57,73-74H,10-39H2,1-9H3/i70+1. The molecule has 0 saturated carbocycles. The first kappa shape index (κ1) is 59.8. The van der Waals surface area contributed by atoms with E-state index >= 15 is 0 Å². The number of benzene rings is 1. The minimum Gasteiger partial charge on any atom is -0.355 e. The lowest BCUT2D eigenvalue weighted by Gasteiger charge is -2.20. The van der Waals surface area contributed by atoms with Crippen molar-refractivity contribution in [2.45, 2.75) is 272 Å². The molecule has 0 spiro atoms. The third-order valence-corrected chi connectivity index (χ3v) is 17.2. The van der Waals surface area contributed by atoms with Crippen molar-refractivity contribution in [3.63, 3.8) is 0 Å². The molecule has 0 atom stereocenters. The molecule has 5 heterocycles. The van der Waals surface area contributed by atoms with E-state index in [1.54, 1.807) is 0 Å². The van der Waals surface area contributed by atoms with Gasteiger partial charge in [-0.05, 0) is 123 Å². The Balaban J connectivity index is 1.74. The minimum atomic E-state index is -1.53. The average molecular weight is 1030 g/mol. The molecule has 5 heteroatoms. The first-order chi connectivity index (χ1) is 36.6. The van der Waals surface area contributed by atoms with E-state index in [9.17, 15) is 0 Å². The molecule has 75 heavy (non-hydrogen) atoms. The number of hydrogen-bond acceptors (Lipinski definition) is 2. The molecule has 0 amide bonds. The van der Waals surface area contributed by atoms with E-state index in [1.165, 1.54) is 231 Å². The third-order valence-electron chi connectivity index (χ3n) is 16.3. The Bertz CT molecular complexity index is 2440. The molecule has 408 valence electrons. The van der Waals surface area contributed by atoms with E-state index in [-0.39, 0.29) is 0 Å². The van der Waals surface area contributed by atoms with Crippen LogP contribution in [0, 0.1) is 11.5 Å². The summed E-state index contributed by atoms with van der Waals surface area (Å²) in [5.74, 6) is 4.76. The summed E-state index contributed by atoms with van der Waals surface area (Å²) in [7, 11) is -1.53. The summed E-state index contributed by atoms with van der Waals surface area (Å²) in [6.45, 7) is 21.0. The van der Waals surface area contributed by atoms with E-state index in [1.807, 2.05) is 0 Å². The summed E-state index contributed by atoms with van der Waals surface area (Å²) < 4.78 is 0. The maximum Gasteiger partial charge on any atom is 0.129 e. The van der Waals surface area contributed by atoms with Crippen molar-refractivity contribution in [1.82, 2.24) is 19.9 Å². The Kier molecular flexibility index (Phi) is 25.8. The fourth-order valence-corrected chi connectivity index (χ4v) is 12.6. The van der Waals surface area contributed by atoms with Crippen molar-refractivity contribution in [3.8, 4) is 22.6 Å². The molecule has 2 aliphatic heterocycles. The number of fused-ring (bicyclic) bond motifs is 8. The second-order valence-corrected chi connectivity index (χ2v) is 28.6. The lowest BCUT2D eigenvalue weighted by molar-refractivity contribution is 0.493. The Hall–Kier alpha value is -4.40. The van der Waals surface area contributed by atoms with E-state index in [0.29, 0.717) is 17.8 Å². The highest BCUT2D eigenvalue weighted by molar-refractivity contribution is 6.83. The average Bonchev–Trinajstić information content (AvgIpc) is 4.27. The maximum absolute atomic E-state index is 5.93. The van der Waals surface area contributed by atoms with Crippen LogP contribution in [-0.4, -0.2) is 28.0 Å². The van der Waals surface area contributed by atoms with Gasteiger partial charge in [0.05, 0.1) is 22.8 Å². The van der Waals surface area contributed by atoms with Crippen molar-refractivity contribution < 1.29 is 0 Å². The molecular weight excluding hydrogens is 926 g/mol. The number of nitrogens with one attached hydrogen (secondary N) is 2. The van der Waals surface area contributed by atoms with Crippen LogP contribution in [0.4, 0.5) is 0 Å². The molecule has 0 saturated heterocycles. The zero-order chi connectivity index (χ0) is 53.3. The number of aromatic nitrogens is 4. The van der Waals surface area contributed by atoms with Gasteiger partial charge in [0.25, 0.3) is 0 Å². The summed E-state index contributed by atoms with van der Waals surface area (Å²) in [4.78, 5) is 20.2. The van der Waals surface area contributed by atoms with Crippen LogP contribution in [0.25, 0.3) is 57.5 Å². The first-order valence-electron chi connectivity index (χ1n) is 31.4. The highest BCUT2D eigenvalue weighted by Gasteiger charge is 2.26. The van der Waals surface area contributed by atoms with Gasteiger partial charge in [-0.3, -0.25) is 0 Å². The van der Waals surface area contributed by atoms with Crippen LogP contribution in [0.15, 0.2) is 48.5 Å². The topological polar surface area (TPSA) is 57.4 Å². The number of hydrogen-bond donors (Lipinski definition) is 2. The molecular formula is C70H104N4Si. The van der Waals surface area contributed by atoms with Gasteiger partial charge in [0.1, 0.15) is 8.07 Å². The number of unbranched alkanes of at least 4 members (excludes halogenated alkanes) is 18. The summed E-state index contributed by atoms with van der Waals surface area (Å²) in [5.41, 5.74) is 20.6. The van der Waals surface area contributed by atoms with Crippen LogP contribution in [0.5, 0.6) is 0 Å². The largest absolute Gasteiger partial charge is 0.355 e. The van der Waals surface area contributed by atoms with Gasteiger partial charge in [-0.2, -0.15) is 0 Å². The number of nitrogens with zero attached hydrogens (tertiary/aromatic N) is 2. The summed E-state index contributed by atoms with van der Waals surface area (Å²) in [6, 6.07) is 18.6. The maximum atomic E-state index is 5.93. The van der Waals surface area contributed by atoms with Crippen molar-refractivity contribution in [2.75, 3.05) is 0 Å². The molecule has 4 aromatic rings. The van der Waals surface area contributed by atoms with Crippen molar-refractivity contribution in [2.24, 2.45) is 0 Å². The monoisotopic (exact) mass is 1030 g/mol. The smallest absolute Gasteiger partial charge is 0.129 e. The van der Waals surface area contributed by atoms with E-state index in [2.05, 4.69) is 155 Å².